The molecule has 0 spiro atoms. The number of benzene rings is 2. The van der Waals surface area contributed by atoms with Gasteiger partial charge in [0, 0.05) is 30.2 Å². The minimum Gasteiger partial charge on any atom is -0.508 e. The first-order valence-electron chi connectivity index (χ1n) is 7.65. The number of fused-ring (bicyclic) bond motifs is 2. The summed E-state index contributed by atoms with van der Waals surface area (Å²) in [5.41, 5.74) is 5.78. The van der Waals surface area contributed by atoms with Gasteiger partial charge in [-0.1, -0.05) is 12.1 Å². The van der Waals surface area contributed by atoms with Crippen LogP contribution in [0.3, 0.4) is 0 Å². The van der Waals surface area contributed by atoms with E-state index in [1.807, 2.05) is 18.2 Å². The Hall–Kier alpha value is -2.55. The normalized spacial score (nSPS) is 14.1. The van der Waals surface area contributed by atoms with Crippen molar-refractivity contribution in [2.75, 3.05) is 18.5 Å². The number of hydrogen-bond acceptors (Lipinski definition) is 3. The van der Waals surface area contributed by atoms with E-state index in [0.29, 0.717) is 0 Å². The summed E-state index contributed by atoms with van der Waals surface area (Å²) in [5, 5.41) is 10.5. The number of anilines is 1. The fourth-order valence-electron chi connectivity index (χ4n) is 3.22. The van der Waals surface area contributed by atoms with Crippen LogP contribution in [0.1, 0.15) is 12.0 Å². The quantitative estimate of drug-likeness (QED) is 0.736. The van der Waals surface area contributed by atoms with Crippen molar-refractivity contribution in [3.05, 3.63) is 54.1 Å². The van der Waals surface area contributed by atoms with E-state index >= 15 is 0 Å². The van der Waals surface area contributed by atoms with Crippen LogP contribution in [0.2, 0.25) is 0 Å². The van der Waals surface area contributed by atoms with Crippen molar-refractivity contribution in [1.82, 2.24) is 4.98 Å². The molecule has 0 bridgehead atoms. The molecule has 0 fully saturated rings. The molecule has 2 heterocycles. The van der Waals surface area contributed by atoms with Crippen LogP contribution >= 0.6 is 0 Å². The van der Waals surface area contributed by atoms with Gasteiger partial charge in [0.25, 0.3) is 0 Å². The lowest BCUT2D eigenvalue weighted by Crippen LogP contribution is -2.24. The molecule has 22 heavy (non-hydrogen) atoms. The molecule has 3 nitrogen and oxygen atoms in total. The van der Waals surface area contributed by atoms with Crippen molar-refractivity contribution < 1.29 is 5.11 Å². The maximum Gasteiger partial charge on any atom is 0.116 e. The minimum absolute atomic E-state index is 0.277. The average Bonchev–Trinajstić information content (AvgIpc) is 2.54. The van der Waals surface area contributed by atoms with Crippen LogP contribution in [0.4, 0.5) is 5.69 Å². The van der Waals surface area contributed by atoms with E-state index in [4.69, 9.17) is 4.98 Å². The Bertz CT molecular complexity index is 857. The number of nitrogens with zero attached hydrogens (tertiary/aromatic N) is 2. The smallest absolute Gasteiger partial charge is 0.116 e. The summed E-state index contributed by atoms with van der Waals surface area (Å²) in [7, 11) is 2.15. The van der Waals surface area contributed by atoms with Gasteiger partial charge < -0.3 is 10.0 Å². The molecule has 3 aromatic rings. The lowest BCUT2D eigenvalue weighted by Gasteiger charge is -2.27. The van der Waals surface area contributed by atoms with E-state index in [1.165, 1.54) is 17.7 Å². The molecule has 0 amide bonds. The van der Waals surface area contributed by atoms with E-state index in [1.54, 1.807) is 12.1 Å². The molecular weight excluding hydrogens is 272 g/mol. The number of aromatic hydroxyl groups is 1. The second kappa shape index (κ2) is 5.02. The minimum atomic E-state index is 0.277. The van der Waals surface area contributed by atoms with Crippen molar-refractivity contribution in [1.29, 1.82) is 0 Å². The number of aromatic nitrogens is 1. The van der Waals surface area contributed by atoms with Crippen LogP contribution in [0.5, 0.6) is 5.75 Å². The van der Waals surface area contributed by atoms with E-state index in [-0.39, 0.29) is 5.75 Å². The van der Waals surface area contributed by atoms with Gasteiger partial charge >= 0.3 is 0 Å². The van der Waals surface area contributed by atoms with Gasteiger partial charge in [0.2, 0.25) is 0 Å². The van der Waals surface area contributed by atoms with Crippen molar-refractivity contribution in [2.45, 2.75) is 12.8 Å². The first-order chi connectivity index (χ1) is 10.7. The Kier molecular flexibility index (Phi) is 3.00. The van der Waals surface area contributed by atoms with E-state index in [2.05, 4.69) is 30.1 Å². The third-order valence-electron chi connectivity index (χ3n) is 4.40. The Morgan fingerprint density at radius 2 is 1.95 bits per heavy atom. The third-order valence-corrected chi connectivity index (χ3v) is 4.40. The molecule has 0 saturated carbocycles. The molecule has 0 unspecified atom stereocenters. The summed E-state index contributed by atoms with van der Waals surface area (Å²) < 4.78 is 0. The van der Waals surface area contributed by atoms with Gasteiger partial charge in [-0.15, -0.1) is 0 Å². The second-order valence-corrected chi connectivity index (χ2v) is 5.94. The number of pyridine rings is 1. The lowest BCUT2D eigenvalue weighted by molar-refractivity contribution is 0.476. The van der Waals surface area contributed by atoms with Crippen LogP contribution in [0, 0.1) is 0 Å². The molecule has 2 aromatic carbocycles. The zero-order chi connectivity index (χ0) is 15.1. The van der Waals surface area contributed by atoms with Gasteiger partial charge in [0.15, 0.2) is 0 Å². The summed E-state index contributed by atoms with van der Waals surface area (Å²) in [6.07, 6.45) is 2.34. The van der Waals surface area contributed by atoms with Gasteiger partial charge in [-0.05, 0) is 54.8 Å². The average molecular weight is 290 g/mol. The number of aryl methyl sites for hydroxylation is 1. The van der Waals surface area contributed by atoms with Crippen LogP contribution < -0.4 is 4.90 Å². The van der Waals surface area contributed by atoms with E-state index < -0.39 is 0 Å². The Balaban J connectivity index is 1.80. The molecule has 4 rings (SSSR count). The second-order valence-electron chi connectivity index (χ2n) is 5.94. The molecule has 1 aromatic heterocycles. The van der Waals surface area contributed by atoms with E-state index in [0.717, 1.165) is 35.1 Å². The van der Waals surface area contributed by atoms with Crippen LogP contribution in [0.15, 0.2) is 48.5 Å². The highest BCUT2D eigenvalue weighted by Crippen LogP contribution is 2.31. The highest BCUT2D eigenvalue weighted by atomic mass is 16.3. The molecule has 1 N–H and O–H groups in total. The predicted molar refractivity (Wildman–Crippen MR) is 90.4 cm³/mol. The van der Waals surface area contributed by atoms with Crippen LogP contribution in [-0.2, 0) is 6.42 Å². The molecule has 1 aliphatic heterocycles. The van der Waals surface area contributed by atoms with Crippen LogP contribution in [-0.4, -0.2) is 23.7 Å². The SMILES string of the molecule is CN1CCCc2cc(-c3ccc4cc(O)ccc4n3)ccc21. The first-order valence-corrected chi connectivity index (χ1v) is 7.65. The zero-order valence-electron chi connectivity index (χ0n) is 12.6. The summed E-state index contributed by atoms with van der Waals surface area (Å²) in [5.74, 6) is 0.277. The van der Waals surface area contributed by atoms with Crippen molar-refractivity contribution in [3.8, 4) is 17.0 Å². The fraction of sp³-hybridized carbons (Fsp3) is 0.211. The van der Waals surface area contributed by atoms with Crippen molar-refractivity contribution in [3.63, 3.8) is 0 Å². The molecular formula is C19H18N2O. The predicted octanol–water partition coefficient (Wildman–Crippen LogP) is 3.99. The number of phenols is 1. The maximum atomic E-state index is 9.54. The highest BCUT2D eigenvalue weighted by molar-refractivity contribution is 5.83. The standard InChI is InChI=1S/C19H18N2O/c1-21-10-2-3-15-11-13(5-9-19(15)21)17-7-4-14-12-16(22)6-8-18(14)20-17/h4-9,11-12,22H,2-3,10H2,1H3. The molecule has 3 heteroatoms. The molecule has 0 radical (unpaired) electrons. The van der Waals surface area contributed by atoms with Gasteiger partial charge in [-0.2, -0.15) is 0 Å². The van der Waals surface area contributed by atoms with Gasteiger partial charge in [0.1, 0.15) is 5.75 Å². The van der Waals surface area contributed by atoms with Gasteiger partial charge in [0.05, 0.1) is 11.2 Å². The maximum absolute atomic E-state index is 9.54. The molecule has 0 aliphatic carbocycles. The van der Waals surface area contributed by atoms with Gasteiger partial charge in [-0.3, -0.25) is 0 Å². The lowest BCUT2D eigenvalue weighted by atomic mass is 9.98. The Morgan fingerprint density at radius 1 is 1.05 bits per heavy atom. The topological polar surface area (TPSA) is 36.4 Å². The summed E-state index contributed by atoms with van der Waals surface area (Å²) >= 11 is 0. The fourth-order valence-corrected chi connectivity index (χ4v) is 3.22. The van der Waals surface area contributed by atoms with E-state index in [9.17, 15) is 5.11 Å². The van der Waals surface area contributed by atoms with Crippen molar-refractivity contribution in [2.24, 2.45) is 0 Å². The number of phenolic OH excluding ortho intramolecular Hbond substituents is 1. The van der Waals surface area contributed by atoms with Gasteiger partial charge in [-0.25, -0.2) is 4.98 Å². The highest BCUT2D eigenvalue weighted by Gasteiger charge is 2.14. The summed E-state index contributed by atoms with van der Waals surface area (Å²) in [6, 6.07) is 15.9. The number of rotatable bonds is 1. The van der Waals surface area contributed by atoms with Crippen molar-refractivity contribution >= 4 is 16.6 Å². The Morgan fingerprint density at radius 3 is 2.86 bits per heavy atom. The molecule has 0 saturated heterocycles. The largest absolute Gasteiger partial charge is 0.508 e. The monoisotopic (exact) mass is 290 g/mol. The zero-order valence-corrected chi connectivity index (χ0v) is 12.6. The van der Waals surface area contributed by atoms with Crippen LogP contribution in [0.25, 0.3) is 22.2 Å². The Labute approximate surface area is 129 Å². The third kappa shape index (κ3) is 2.19. The summed E-state index contributed by atoms with van der Waals surface area (Å²) in [6.45, 7) is 1.13. The summed E-state index contributed by atoms with van der Waals surface area (Å²) in [4.78, 5) is 7.05. The molecule has 110 valence electrons. The molecule has 0 atom stereocenters. The molecule has 1 aliphatic rings. The first kappa shape index (κ1) is 13.1. The number of hydrogen-bond donors (Lipinski definition) is 1.